The van der Waals surface area contributed by atoms with Crippen molar-refractivity contribution >= 4 is 0 Å². The van der Waals surface area contributed by atoms with Crippen molar-refractivity contribution in [3.05, 3.63) is 0 Å². The highest BCUT2D eigenvalue weighted by molar-refractivity contribution is 4.88. The van der Waals surface area contributed by atoms with Gasteiger partial charge in [0, 0.05) is 0 Å². The molecule has 14 heavy (non-hydrogen) atoms. The lowest BCUT2D eigenvalue weighted by molar-refractivity contribution is -0.166. The molecule has 1 atom stereocenters. The van der Waals surface area contributed by atoms with Crippen LogP contribution in [0.4, 0.5) is 13.2 Å². The number of nitriles is 1. The maximum Gasteiger partial charge on any atom is 0.404 e. The van der Waals surface area contributed by atoms with Crippen molar-refractivity contribution in [2.75, 3.05) is 6.54 Å². The Hall–Kier alpha value is -0.760. The molecule has 1 aliphatic carbocycles. The SMILES string of the molecule is N#CCNC(C1CCCC1)C(F)(F)F. The predicted octanol–water partition coefficient (Wildman–Crippen LogP) is 2.22. The molecule has 1 fully saturated rings. The largest absolute Gasteiger partial charge is 0.404 e. The first kappa shape index (κ1) is 11.3. The van der Waals surface area contributed by atoms with Crippen LogP contribution >= 0.6 is 0 Å². The summed E-state index contributed by atoms with van der Waals surface area (Å²) < 4.78 is 37.6. The second-order valence-corrected chi connectivity index (χ2v) is 3.60. The Balaban J connectivity index is 2.56. The lowest BCUT2D eigenvalue weighted by Gasteiger charge is -2.25. The van der Waals surface area contributed by atoms with Crippen LogP contribution in [0.2, 0.25) is 0 Å². The average molecular weight is 206 g/mol. The van der Waals surface area contributed by atoms with Gasteiger partial charge in [0.15, 0.2) is 0 Å². The number of nitrogens with one attached hydrogen (secondary N) is 1. The molecule has 0 heterocycles. The van der Waals surface area contributed by atoms with E-state index in [2.05, 4.69) is 5.32 Å². The maximum absolute atomic E-state index is 12.5. The van der Waals surface area contributed by atoms with E-state index < -0.39 is 12.2 Å². The Morgan fingerprint density at radius 2 is 1.93 bits per heavy atom. The molecule has 1 aliphatic rings. The Morgan fingerprint density at radius 1 is 1.36 bits per heavy atom. The molecule has 0 amide bonds. The van der Waals surface area contributed by atoms with E-state index in [1.54, 1.807) is 6.07 Å². The van der Waals surface area contributed by atoms with Gasteiger partial charge < -0.3 is 0 Å². The summed E-state index contributed by atoms with van der Waals surface area (Å²) in [7, 11) is 0. The van der Waals surface area contributed by atoms with Gasteiger partial charge in [-0.15, -0.1) is 0 Å². The topological polar surface area (TPSA) is 35.8 Å². The van der Waals surface area contributed by atoms with Crippen LogP contribution in [0.1, 0.15) is 25.7 Å². The highest BCUT2D eigenvalue weighted by Crippen LogP contribution is 2.35. The Kier molecular flexibility index (Phi) is 3.76. The molecule has 0 saturated heterocycles. The zero-order valence-corrected chi connectivity index (χ0v) is 7.77. The lowest BCUT2D eigenvalue weighted by Crippen LogP contribution is -2.47. The van der Waals surface area contributed by atoms with Crippen LogP contribution in [0.25, 0.3) is 0 Å². The molecular weight excluding hydrogens is 193 g/mol. The summed E-state index contributed by atoms with van der Waals surface area (Å²) in [6, 6.07) is 0.187. The van der Waals surface area contributed by atoms with Crippen molar-refractivity contribution in [2.45, 2.75) is 37.9 Å². The van der Waals surface area contributed by atoms with Crippen LogP contribution in [0, 0.1) is 17.2 Å². The van der Waals surface area contributed by atoms with E-state index in [1.807, 2.05) is 0 Å². The van der Waals surface area contributed by atoms with Gasteiger partial charge in [-0.3, -0.25) is 5.32 Å². The minimum absolute atomic E-state index is 0.235. The van der Waals surface area contributed by atoms with Crippen molar-refractivity contribution in [2.24, 2.45) is 5.92 Å². The normalized spacial score (nSPS) is 20.7. The van der Waals surface area contributed by atoms with Gasteiger partial charge in [0.1, 0.15) is 6.04 Å². The summed E-state index contributed by atoms with van der Waals surface area (Å²) in [6.45, 7) is -0.235. The molecule has 1 unspecified atom stereocenters. The molecule has 0 aromatic heterocycles. The monoisotopic (exact) mass is 206 g/mol. The fourth-order valence-corrected chi connectivity index (χ4v) is 2.00. The fraction of sp³-hybridized carbons (Fsp3) is 0.889. The molecule has 0 aromatic rings. The van der Waals surface area contributed by atoms with Crippen molar-refractivity contribution in [3.8, 4) is 6.07 Å². The zero-order chi connectivity index (χ0) is 10.6. The van der Waals surface area contributed by atoms with E-state index in [0.717, 1.165) is 12.8 Å². The van der Waals surface area contributed by atoms with Crippen LogP contribution in [-0.4, -0.2) is 18.8 Å². The highest BCUT2D eigenvalue weighted by Gasteiger charge is 2.44. The van der Waals surface area contributed by atoms with Crippen LogP contribution in [-0.2, 0) is 0 Å². The molecule has 1 N–H and O–H groups in total. The van der Waals surface area contributed by atoms with Gasteiger partial charge in [0.2, 0.25) is 0 Å². The summed E-state index contributed by atoms with van der Waals surface area (Å²) in [4.78, 5) is 0. The molecule has 5 heteroatoms. The van der Waals surface area contributed by atoms with Gasteiger partial charge in [-0.1, -0.05) is 12.8 Å². The Bertz CT molecular complexity index is 213. The smallest absolute Gasteiger partial charge is 0.293 e. The van der Waals surface area contributed by atoms with Gasteiger partial charge in [0.05, 0.1) is 12.6 Å². The second kappa shape index (κ2) is 4.65. The van der Waals surface area contributed by atoms with Gasteiger partial charge in [-0.2, -0.15) is 18.4 Å². The molecule has 1 saturated carbocycles. The number of nitrogens with zero attached hydrogens (tertiary/aromatic N) is 1. The molecule has 0 spiro atoms. The van der Waals surface area contributed by atoms with Gasteiger partial charge in [0.25, 0.3) is 0 Å². The zero-order valence-electron chi connectivity index (χ0n) is 7.77. The number of hydrogen-bond acceptors (Lipinski definition) is 2. The van der Waals surface area contributed by atoms with Crippen molar-refractivity contribution in [1.82, 2.24) is 5.32 Å². The molecule has 2 nitrogen and oxygen atoms in total. The van der Waals surface area contributed by atoms with E-state index in [1.165, 1.54) is 0 Å². The first-order chi connectivity index (χ1) is 6.55. The minimum atomic E-state index is -4.23. The third-order valence-electron chi connectivity index (χ3n) is 2.62. The van der Waals surface area contributed by atoms with E-state index in [-0.39, 0.29) is 12.5 Å². The minimum Gasteiger partial charge on any atom is -0.293 e. The first-order valence-electron chi connectivity index (χ1n) is 4.72. The quantitative estimate of drug-likeness (QED) is 0.719. The van der Waals surface area contributed by atoms with Crippen LogP contribution in [0.3, 0.4) is 0 Å². The average Bonchev–Trinajstić information content (AvgIpc) is 2.55. The molecule has 0 aromatic carbocycles. The molecular formula is C9H13F3N2. The lowest BCUT2D eigenvalue weighted by atomic mass is 9.97. The molecule has 0 aliphatic heterocycles. The van der Waals surface area contributed by atoms with Gasteiger partial charge in [-0.05, 0) is 18.8 Å². The summed E-state index contributed by atoms with van der Waals surface area (Å²) >= 11 is 0. The van der Waals surface area contributed by atoms with Crippen molar-refractivity contribution in [3.63, 3.8) is 0 Å². The summed E-state index contributed by atoms with van der Waals surface area (Å²) in [5, 5.41) is 10.5. The predicted molar refractivity (Wildman–Crippen MR) is 45.4 cm³/mol. The van der Waals surface area contributed by atoms with Gasteiger partial charge >= 0.3 is 6.18 Å². The standard InChI is InChI=1S/C9H13F3N2/c10-9(11,12)8(14-6-5-13)7-3-1-2-4-7/h7-8,14H,1-4,6H2. The number of alkyl halides is 3. The summed E-state index contributed by atoms with van der Waals surface area (Å²) in [5.74, 6) is -0.344. The first-order valence-corrected chi connectivity index (χ1v) is 4.72. The van der Waals surface area contributed by atoms with Crippen molar-refractivity contribution < 1.29 is 13.2 Å². The second-order valence-electron chi connectivity index (χ2n) is 3.60. The van der Waals surface area contributed by atoms with Crippen molar-refractivity contribution in [1.29, 1.82) is 5.26 Å². The van der Waals surface area contributed by atoms with Crippen LogP contribution in [0.15, 0.2) is 0 Å². The van der Waals surface area contributed by atoms with Crippen LogP contribution < -0.4 is 5.32 Å². The Labute approximate surface area is 81.1 Å². The maximum atomic E-state index is 12.5. The number of hydrogen-bond donors (Lipinski definition) is 1. The molecule has 1 rings (SSSR count). The van der Waals surface area contributed by atoms with E-state index in [0.29, 0.717) is 12.8 Å². The summed E-state index contributed by atoms with van der Waals surface area (Å²) in [6.07, 6.45) is -1.27. The van der Waals surface area contributed by atoms with Gasteiger partial charge in [-0.25, -0.2) is 0 Å². The third-order valence-corrected chi connectivity index (χ3v) is 2.62. The summed E-state index contributed by atoms with van der Waals surface area (Å²) in [5.41, 5.74) is 0. The van der Waals surface area contributed by atoms with E-state index in [9.17, 15) is 13.2 Å². The number of rotatable bonds is 3. The van der Waals surface area contributed by atoms with Crippen LogP contribution in [0.5, 0.6) is 0 Å². The fourth-order valence-electron chi connectivity index (χ4n) is 2.00. The molecule has 80 valence electrons. The highest BCUT2D eigenvalue weighted by atomic mass is 19.4. The number of halogens is 3. The molecule has 0 bridgehead atoms. The third kappa shape index (κ3) is 2.88. The van der Waals surface area contributed by atoms with E-state index >= 15 is 0 Å². The Morgan fingerprint density at radius 3 is 2.36 bits per heavy atom. The van der Waals surface area contributed by atoms with E-state index in [4.69, 9.17) is 5.26 Å². The molecule has 0 radical (unpaired) electrons.